The molecule has 1 N–H and O–H groups in total. The number of hydrogen-bond donors (Lipinski definition) is 1. The Morgan fingerprint density at radius 3 is 2.67 bits per heavy atom. The van der Waals surface area contributed by atoms with Crippen molar-refractivity contribution in [2.45, 2.75) is 6.92 Å². The fraction of sp³-hybridized carbons (Fsp3) is 0.231. The second-order valence-electron chi connectivity index (χ2n) is 3.19. The maximum Gasteiger partial charge on any atom is 0.384 e. The first kappa shape index (κ1) is 13.6. The minimum absolute atomic E-state index is 0.0409. The van der Waals surface area contributed by atoms with Crippen LogP contribution in [-0.4, -0.2) is 30.8 Å². The molecule has 5 heteroatoms. The van der Waals surface area contributed by atoms with Gasteiger partial charge in [-0.3, -0.25) is 0 Å². The van der Waals surface area contributed by atoms with E-state index in [4.69, 9.17) is 0 Å². The second-order valence-corrected chi connectivity index (χ2v) is 3.19. The molecule has 1 aromatic carbocycles. The van der Waals surface area contributed by atoms with Crippen LogP contribution in [-0.2, 0) is 14.3 Å². The lowest BCUT2D eigenvalue weighted by molar-refractivity contribution is -0.136. The van der Waals surface area contributed by atoms with Gasteiger partial charge in [0.2, 0.25) is 0 Å². The number of hydrogen-bond acceptors (Lipinski definition) is 5. The fourth-order valence-corrected chi connectivity index (χ4v) is 1.18. The lowest BCUT2D eigenvalue weighted by atomic mass is 10.1. The SMILES string of the molecule is CCOC(=O)C#Cc1ccc(C(=O)OC)c(O)c1. The number of aromatic hydroxyl groups is 1. The molecular weight excluding hydrogens is 236 g/mol. The Hall–Kier alpha value is -2.48. The van der Waals surface area contributed by atoms with E-state index in [1.54, 1.807) is 6.92 Å². The number of rotatable bonds is 2. The van der Waals surface area contributed by atoms with E-state index in [2.05, 4.69) is 21.3 Å². The summed E-state index contributed by atoms with van der Waals surface area (Å²) in [6, 6.07) is 4.15. The summed E-state index contributed by atoms with van der Waals surface area (Å²) in [5, 5.41) is 9.58. The quantitative estimate of drug-likeness (QED) is 0.626. The Balaban J connectivity index is 2.91. The Kier molecular flexibility index (Phi) is 4.76. The molecule has 0 amide bonds. The van der Waals surface area contributed by atoms with E-state index < -0.39 is 11.9 Å². The summed E-state index contributed by atoms with van der Waals surface area (Å²) in [6.07, 6.45) is 0. The van der Waals surface area contributed by atoms with Crippen LogP contribution in [0, 0.1) is 11.8 Å². The van der Waals surface area contributed by atoms with E-state index in [1.165, 1.54) is 25.3 Å². The fourth-order valence-electron chi connectivity index (χ4n) is 1.18. The molecule has 0 saturated carbocycles. The number of carbonyl (C=O) groups excluding carboxylic acids is 2. The topological polar surface area (TPSA) is 72.8 Å². The van der Waals surface area contributed by atoms with Crippen LogP contribution in [0.2, 0.25) is 0 Å². The first-order valence-corrected chi connectivity index (χ1v) is 5.18. The maximum atomic E-state index is 11.2. The highest BCUT2D eigenvalue weighted by molar-refractivity contribution is 5.93. The van der Waals surface area contributed by atoms with Crippen LogP contribution in [0.1, 0.15) is 22.8 Å². The van der Waals surface area contributed by atoms with Crippen molar-refractivity contribution < 1.29 is 24.2 Å². The highest BCUT2D eigenvalue weighted by Crippen LogP contribution is 2.19. The van der Waals surface area contributed by atoms with Crippen molar-refractivity contribution in [1.82, 2.24) is 0 Å². The standard InChI is InChI=1S/C13H12O5/c1-3-18-12(15)7-5-9-4-6-10(11(14)8-9)13(16)17-2/h4,6,8,14H,3H2,1-2H3. The number of benzene rings is 1. The van der Waals surface area contributed by atoms with Crippen LogP contribution in [0.3, 0.4) is 0 Å². The van der Waals surface area contributed by atoms with Crippen LogP contribution in [0.5, 0.6) is 5.75 Å². The van der Waals surface area contributed by atoms with Crippen LogP contribution in [0.4, 0.5) is 0 Å². The number of phenols is 1. The molecule has 94 valence electrons. The zero-order chi connectivity index (χ0) is 13.5. The van der Waals surface area contributed by atoms with E-state index in [9.17, 15) is 14.7 Å². The Bertz CT molecular complexity index is 522. The van der Waals surface area contributed by atoms with Crippen LogP contribution >= 0.6 is 0 Å². The third-order valence-corrected chi connectivity index (χ3v) is 1.99. The molecule has 0 aliphatic heterocycles. The third kappa shape index (κ3) is 3.52. The van der Waals surface area contributed by atoms with Gasteiger partial charge in [-0.05, 0) is 25.1 Å². The number of carbonyl (C=O) groups is 2. The zero-order valence-electron chi connectivity index (χ0n) is 10.0. The molecule has 1 aromatic rings. The van der Waals surface area contributed by atoms with Crippen LogP contribution in [0.15, 0.2) is 18.2 Å². The Labute approximate surface area is 104 Å². The van der Waals surface area contributed by atoms with Crippen molar-refractivity contribution in [3.8, 4) is 17.6 Å². The Morgan fingerprint density at radius 2 is 2.11 bits per heavy atom. The van der Waals surface area contributed by atoms with Gasteiger partial charge in [-0.2, -0.15) is 0 Å². The molecule has 18 heavy (non-hydrogen) atoms. The first-order valence-electron chi connectivity index (χ1n) is 5.18. The van der Waals surface area contributed by atoms with Crippen molar-refractivity contribution in [2.75, 3.05) is 13.7 Å². The van der Waals surface area contributed by atoms with E-state index in [1.807, 2.05) is 0 Å². The summed E-state index contributed by atoms with van der Waals surface area (Å²) in [5.41, 5.74) is 0.437. The summed E-state index contributed by atoms with van der Waals surface area (Å²) >= 11 is 0. The summed E-state index contributed by atoms with van der Waals surface area (Å²) in [6.45, 7) is 1.93. The predicted octanol–water partition coefficient (Wildman–Crippen LogP) is 1.09. The first-order chi connectivity index (χ1) is 8.58. The molecule has 0 saturated heterocycles. The lowest BCUT2D eigenvalue weighted by Crippen LogP contribution is -2.01. The molecule has 0 spiro atoms. The van der Waals surface area contributed by atoms with Gasteiger partial charge in [0.1, 0.15) is 11.3 Å². The van der Waals surface area contributed by atoms with E-state index >= 15 is 0 Å². The highest BCUT2D eigenvalue weighted by Gasteiger charge is 2.10. The molecule has 0 bridgehead atoms. The molecule has 0 aliphatic carbocycles. The molecular formula is C13H12O5. The molecule has 1 rings (SSSR count). The van der Waals surface area contributed by atoms with Crippen molar-refractivity contribution in [1.29, 1.82) is 0 Å². The van der Waals surface area contributed by atoms with E-state index in [-0.39, 0.29) is 17.9 Å². The molecule has 0 aliphatic rings. The average Bonchev–Trinajstić information content (AvgIpc) is 2.36. The smallest absolute Gasteiger partial charge is 0.384 e. The van der Waals surface area contributed by atoms with Gasteiger partial charge >= 0.3 is 11.9 Å². The van der Waals surface area contributed by atoms with Crippen molar-refractivity contribution in [2.24, 2.45) is 0 Å². The largest absolute Gasteiger partial charge is 0.507 e. The minimum Gasteiger partial charge on any atom is -0.507 e. The van der Waals surface area contributed by atoms with Gasteiger partial charge in [-0.15, -0.1) is 0 Å². The van der Waals surface area contributed by atoms with Crippen molar-refractivity contribution in [3.63, 3.8) is 0 Å². The van der Waals surface area contributed by atoms with Crippen molar-refractivity contribution in [3.05, 3.63) is 29.3 Å². The van der Waals surface area contributed by atoms with Gasteiger partial charge in [0.15, 0.2) is 0 Å². The number of esters is 2. The van der Waals surface area contributed by atoms with Gasteiger partial charge < -0.3 is 14.6 Å². The van der Waals surface area contributed by atoms with E-state index in [0.717, 1.165) is 0 Å². The third-order valence-electron chi connectivity index (χ3n) is 1.99. The average molecular weight is 248 g/mol. The second kappa shape index (κ2) is 6.30. The normalized spacial score (nSPS) is 9.00. The number of methoxy groups -OCH3 is 1. The van der Waals surface area contributed by atoms with Gasteiger partial charge in [0, 0.05) is 11.5 Å². The van der Waals surface area contributed by atoms with Crippen molar-refractivity contribution >= 4 is 11.9 Å². The number of ether oxygens (including phenoxy) is 2. The maximum absolute atomic E-state index is 11.2. The summed E-state index contributed by atoms with van der Waals surface area (Å²) < 4.78 is 9.10. The lowest BCUT2D eigenvalue weighted by Gasteiger charge is -2.02. The highest BCUT2D eigenvalue weighted by atomic mass is 16.5. The van der Waals surface area contributed by atoms with Gasteiger partial charge in [-0.25, -0.2) is 9.59 Å². The molecule has 0 fully saturated rings. The molecule has 0 heterocycles. The van der Waals surface area contributed by atoms with Gasteiger partial charge in [-0.1, -0.05) is 5.92 Å². The minimum atomic E-state index is -0.644. The molecule has 0 unspecified atom stereocenters. The van der Waals surface area contributed by atoms with Gasteiger partial charge in [0.25, 0.3) is 0 Å². The summed E-state index contributed by atoms with van der Waals surface area (Å²) in [4.78, 5) is 22.2. The van der Waals surface area contributed by atoms with Crippen LogP contribution in [0.25, 0.3) is 0 Å². The zero-order valence-corrected chi connectivity index (χ0v) is 10.0. The van der Waals surface area contributed by atoms with Gasteiger partial charge in [0.05, 0.1) is 13.7 Å². The monoisotopic (exact) mass is 248 g/mol. The molecule has 0 atom stereocenters. The summed E-state index contributed by atoms with van der Waals surface area (Å²) in [5.74, 6) is 3.23. The number of phenolic OH excluding ortho intramolecular Hbond substituents is 1. The molecule has 0 radical (unpaired) electrons. The molecule has 0 aromatic heterocycles. The molecule has 5 nitrogen and oxygen atoms in total. The summed E-state index contributed by atoms with van der Waals surface area (Å²) in [7, 11) is 1.22. The van der Waals surface area contributed by atoms with E-state index in [0.29, 0.717) is 5.56 Å². The van der Waals surface area contributed by atoms with Crippen LogP contribution < -0.4 is 0 Å². The predicted molar refractivity (Wildman–Crippen MR) is 63.0 cm³/mol. The Morgan fingerprint density at radius 1 is 1.39 bits per heavy atom.